The molecule has 0 aliphatic heterocycles. The Morgan fingerprint density at radius 1 is 1.35 bits per heavy atom. The molecule has 100 valence electrons. The van der Waals surface area contributed by atoms with Gasteiger partial charge >= 0.3 is 0 Å². The molecule has 1 aliphatic rings. The molecular formula is C14H28N2O. The van der Waals surface area contributed by atoms with E-state index in [4.69, 9.17) is 5.73 Å². The molecule has 3 heteroatoms. The summed E-state index contributed by atoms with van der Waals surface area (Å²) in [6.45, 7) is 4.12. The molecule has 1 aliphatic carbocycles. The number of rotatable bonds is 6. The van der Waals surface area contributed by atoms with Crippen molar-refractivity contribution < 1.29 is 4.79 Å². The lowest BCUT2D eigenvalue weighted by atomic mass is 9.83. The Hall–Kier alpha value is -0.570. The van der Waals surface area contributed by atoms with Crippen molar-refractivity contribution in [3.8, 4) is 0 Å². The van der Waals surface area contributed by atoms with Crippen molar-refractivity contribution in [2.24, 2.45) is 11.7 Å². The van der Waals surface area contributed by atoms with Crippen molar-refractivity contribution in [3.63, 3.8) is 0 Å². The Kier molecular flexibility index (Phi) is 6.56. The molecule has 0 radical (unpaired) electrons. The summed E-state index contributed by atoms with van der Waals surface area (Å²) in [7, 11) is 0. The van der Waals surface area contributed by atoms with E-state index in [1.165, 1.54) is 32.1 Å². The van der Waals surface area contributed by atoms with Crippen LogP contribution in [0, 0.1) is 5.92 Å². The van der Waals surface area contributed by atoms with Crippen molar-refractivity contribution in [1.82, 2.24) is 5.32 Å². The minimum Gasteiger partial charge on any atom is -0.353 e. The van der Waals surface area contributed by atoms with E-state index in [1.54, 1.807) is 0 Å². The van der Waals surface area contributed by atoms with E-state index in [2.05, 4.69) is 12.2 Å². The van der Waals surface area contributed by atoms with Gasteiger partial charge in [0.25, 0.3) is 0 Å². The van der Waals surface area contributed by atoms with Crippen LogP contribution >= 0.6 is 0 Å². The SMILES string of the molecule is CCC(NC(=O)CCC(C)N)C1CCCCC1. The molecule has 3 N–H and O–H groups in total. The third-order valence-corrected chi connectivity index (χ3v) is 3.83. The fourth-order valence-corrected chi connectivity index (χ4v) is 2.73. The normalized spacial score (nSPS) is 20.9. The van der Waals surface area contributed by atoms with Crippen molar-refractivity contribution in [3.05, 3.63) is 0 Å². The van der Waals surface area contributed by atoms with E-state index in [-0.39, 0.29) is 11.9 Å². The molecule has 0 aromatic carbocycles. The average molecular weight is 240 g/mol. The third-order valence-electron chi connectivity index (χ3n) is 3.83. The van der Waals surface area contributed by atoms with Gasteiger partial charge < -0.3 is 11.1 Å². The van der Waals surface area contributed by atoms with Crippen LogP contribution in [0.2, 0.25) is 0 Å². The second kappa shape index (κ2) is 7.70. The first kappa shape index (κ1) is 14.5. The van der Waals surface area contributed by atoms with Gasteiger partial charge in [0, 0.05) is 18.5 Å². The maximum Gasteiger partial charge on any atom is 0.220 e. The lowest BCUT2D eigenvalue weighted by Gasteiger charge is -2.30. The molecule has 2 unspecified atom stereocenters. The van der Waals surface area contributed by atoms with Crippen LogP contribution in [-0.4, -0.2) is 18.0 Å². The number of carbonyl (C=O) groups excluding carboxylic acids is 1. The lowest BCUT2D eigenvalue weighted by Crippen LogP contribution is -2.41. The number of nitrogens with one attached hydrogen (secondary N) is 1. The lowest BCUT2D eigenvalue weighted by molar-refractivity contribution is -0.122. The molecule has 17 heavy (non-hydrogen) atoms. The van der Waals surface area contributed by atoms with Gasteiger partial charge in [-0.3, -0.25) is 4.79 Å². The van der Waals surface area contributed by atoms with Crippen molar-refractivity contribution in [1.29, 1.82) is 0 Å². The summed E-state index contributed by atoms with van der Waals surface area (Å²) >= 11 is 0. The molecule has 1 rings (SSSR count). The summed E-state index contributed by atoms with van der Waals surface area (Å²) in [5, 5.41) is 3.20. The average Bonchev–Trinajstić information content (AvgIpc) is 2.34. The maximum absolute atomic E-state index is 11.8. The van der Waals surface area contributed by atoms with Crippen LogP contribution in [0.4, 0.5) is 0 Å². The van der Waals surface area contributed by atoms with Crippen LogP contribution in [-0.2, 0) is 4.79 Å². The van der Waals surface area contributed by atoms with Gasteiger partial charge in [-0.15, -0.1) is 0 Å². The third kappa shape index (κ3) is 5.53. The highest BCUT2D eigenvalue weighted by Crippen LogP contribution is 2.27. The minimum absolute atomic E-state index is 0.121. The van der Waals surface area contributed by atoms with Crippen LogP contribution in [0.5, 0.6) is 0 Å². The molecule has 2 atom stereocenters. The van der Waals surface area contributed by atoms with Crippen LogP contribution in [0.25, 0.3) is 0 Å². The molecule has 0 bridgehead atoms. The number of hydrogen-bond donors (Lipinski definition) is 2. The quantitative estimate of drug-likeness (QED) is 0.750. The molecule has 1 fully saturated rings. The van der Waals surface area contributed by atoms with Crippen molar-refractivity contribution >= 4 is 5.91 Å². The number of hydrogen-bond acceptors (Lipinski definition) is 2. The summed E-state index contributed by atoms with van der Waals surface area (Å²) in [6, 6.07) is 0.506. The number of carbonyl (C=O) groups is 1. The second-order valence-corrected chi connectivity index (χ2v) is 5.50. The monoisotopic (exact) mass is 240 g/mol. The first-order chi connectivity index (χ1) is 8.13. The van der Waals surface area contributed by atoms with Gasteiger partial charge in [-0.1, -0.05) is 26.2 Å². The van der Waals surface area contributed by atoms with Crippen LogP contribution in [0.1, 0.15) is 65.2 Å². The van der Waals surface area contributed by atoms with Gasteiger partial charge in [-0.25, -0.2) is 0 Å². The highest BCUT2D eigenvalue weighted by atomic mass is 16.1. The summed E-state index contributed by atoms with van der Waals surface area (Å²) in [5.74, 6) is 0.882. The molecule has 0 spiro atoms. The largest absolute Gasteiger partial charge is 0.353 e. The summed E-state index contributed by atoms with van der Waals surface area (Å²) in [5.41, 5.74) is 5.67. The second-order valence-electron chi connectivity index (χ2n) is 5.50. The molecule has 1 amide bonds. The zero-order valence-electron chi connectivity index (χ0n) is 11.4. The predicted octanol–water partition coefficient (Wildman–Crippen LogP) is 2.59. The molecule has 0 aromatic heterocycles. The van der Waals surface area contributed by atoms with Gasteiger partial charge in [0.2, 0.25) is 5.91 Å². The molecule has 3 nitrogen and oxygen atoms in total. The van der Waals surface area contributed by atoms with Gasteiger partial charge in [0.15, 0.2) is 0 Å². The predicted molar refractivity (Wildman–Crippen MR) is 71.7 cm³/mol. The summed E-state index contributed by atoms with van der Waals surface area (Å²) in [6.07, 6.45) is 9.00. The summed E-state index contributed by atoms with van der Waals surface area (Å²) in [4.78, 5) is 11.8. The van der Waals surface area contributed by atoms with Crippen LogP contribution < -0.4 is 11.1 Å². The van der Waals surface area contributed by atoms with Crippen molar-refractivity contribution in [2.45, 2.75) is 77.3 Å². The Morgan fingerprint density at radius 3 is 2.53 bits per heavy atom. The highest BCUT2D eigenvalue weighted by molar-refractivity contribution is 5.76. The molecule has 0 aromatic rings. The van der Waals surface area contributed by atoms with E-state index in [9.17, 15) is 4.79 Å². The van der Waals surface area contributed by atoms with Crippen LogP contribution in [0.15, 0.2) is 0 Å². The first-order valence-corrected chi connectivity index (χ1v) is 7.18. The van der Waals surface area contributed by atoms with Gasteiger partial charge in [-0.05, 0) is 38.5 Å². The Balaban J connectivity index is 2.32. The first-order valence-electron chi connectivity index (χ1n) is 7.18. The Morgan fingerprint density at radius 2 is 2.00 bits per heavy atom. The topological polar surface area (TPSA) is 55.1 Å². The molecular weight excluding hydrogens is 212 g/mol. The van der Waals surface area contributed by atoms with Gasteiger partial charge in [0.05, 0.1) is 0 Å². The number of nitrogens with two attached hydrogens (primary N) is 1. The fraction of sp³-hybridized carbons (Fsp3) is 0.929. The standard InChI is InChI=1S/C14H28N2O/c1-3-13(12-7-5-4-6-8-12)16-14(17)10-9-11(2)15/h11-13H,3-10,15H2,1-2H3,(H,16,17). The number of amides is 1. The minimum atomic E-state index is 0.121. The van der Waals surface area contributed by atoms with E-state index in [0.29, 0.717) is 18.4 Å². The molecule has 1 saturated carbocycles. The fourth-order valence-electron chi connectivity index (χ4n) is 2.73. The Bertz CT molecular complexity index is 222. The molecule has 0 heterocycles. The molecule has 0 saturated heterocycles. The van der Waals surface area contributed by atoms with Gasteiger partial charge in [0.1, 0.15) is 0 Å². The van der Waals surface area contributed by atoms with E-state index in [1.807, 2.05) is 6.92 Å². The highest BCUT2D eigenvalue weighted by Gasteiger charge is 2.23. The van der Waals surface area contributed by atoms with E-state index < -0.39 is 0 Å². The van der Waals surface area contributed by atoms with Crippen LogP contribution in [0.3, 0.4) is 0 Å². The summed E-state index contributed by atoms with van der Waals surface area (Å²) < 4.78 is 0. The maximum atomic E-state index is 11.8. The van der Waals surface area contributed by atoms with Crippen molar-refractivity contribution in [2.75, 3.05) is 0 Å². The Labute approximate surface area is 106 Å². The zero-order chi connectivity index (χ0) is 12.7. The smallest absolute Gasteiger partial charge is 0.220 e. The van der Waals surface area contributed by atoms with E-state index >= 15 is 0 Å². The van der Waals surface area contributed by atoms with Gasteiger partial charge in [-0.2, -0.15) is 0 Å². The zero-order valence-corrected chi connectivity index (χ0v) is 11.4. The van der Waals surface area contributed by atoms with E-state index in [0.717, 1.165) is 12.8 Å².